The molecule has 1 aromatic heterocycles. The van der Waals surface area contributed by atoms with Gasteiger partial charge in [-0.2, -0.15) is 0 Å². The summed E-state index contributed by atoms with van der Waals surface area (Å²) in [6, 6.07) is 1.11. The molecule has 98 valence electrons. The molecule has 0 unspecified atom stereocenters. The fourth-order valence-electron chi connectivity index (χ4n) is 2.11. The number of nitrogen functional groups attached to an aromatic ring is 1. The topological polar surface area (TPSA) is 79.5 Å². The number of hydrogen-bond acceptors (Lipinski definition) is 4. The van der Waals surface area contributed by atoms with E-state index in [0.717, 1.165) is 25.1 Å². The largest absolute Gasteiger partial charge is 0.396 e. The lowest BCUT2D eigenvalue weighted by atomic mass is 9.97. The summed E-state index contributed by atoms with van der Waals surface area (Å²) in [5.74, 6) is -0.573. The summed E-state index contributed by atoms with van der Waals surface area (Å²) in [5, 5.41) is 9.03. The van der Waals surface area contributed by atoms with Gasteiger partial charge in [-0.25, -0.2) is 9.37 Å². The van der Waals surface area contributed by atoms with E-state index in [1.807, 2.05) is 0 Å². The van der Waals surface area contributed by atoms with E-state index in [2.05, 4.69) is 4.98 Å². The van der Waals surface area contributed by atoms with E-state index in [1.54, 1.807) is 4.90 Å². The van der Waals surface area contributed by atoms with Crippen LogP contribution in [0.5, 0.6) is 0 Å². The number of aliphatic hydroxyl groups is 1. The number of likely N-dealkylation sites (tertiary alicyclic amines) is 1. The van der Waals surface area contributed by atoms with Crippen LogP contribution >= 0.6 is 0 Å². The number of nitrogens with zero attached hydrogens (tertiary/aromatic N) is 2. The Labute approximate surface area is 104 Å². The molecule has 0 atom stereocenters. The second-order valence-corrected chi connectivity index (χ2v) is 4.50. The van der Waals surface area contributed by atoms with Gasteiger partial charge in [-0.1, -0.05) is 0 Å². The molecular formula is C12H16FN3O2. The van der Waals surface area contributed by atoms with E-state index < -0.39 is 5.82 Å². The molecule has 2 heterocycles. The molecule has 1 aliphatic heterocycles. The van der Waals surface area contributed by atoms with Crippen molar-refractivity contribution in [3.8, 4) is 0 Å². The summed E-state index contributed by atoms with van der Waals surface area (Å²) in [6.07, 6.45) is 2.50. The molecule has 1 amide bonds. The molecule has 0 aromatic carbocycles. The quantitative estimate of drug-likeness (QED) is 0.811. The lowest BCUT2D eigenvalue weighted by Gasteiger charge is -2.31. The molecule has 0 aliphatic carbocycles. The van der Waals surface area contributed by atoms with Crippen molar-refractivity contribution in [2.45, 2.75) is 12.8 Å². The van der Waals surface area contributed by atoms with Crippen LogP contribution in [-0.2, 0) is 0 Å². The van der Waals surface area contributed by atoms with Crippen LogP contribution in [0.1, 0.15) is 23.2 Å². The van der Waals surface area contributed by atoms with Crippen molar-refractivity contribution in [2.75, 3.05) is 25.4 Å². The molecule has 0 bridgehead atoms. The third kappa shape index (κ3) is 2.59. The number of hydrogen-bond donors (Lipinski definition) is 2. The molecule has 3 N–H and O–H groups in total. The summed E-state index contributed by atoms with van der Waals surface area (Å²) in [5.41, 5.74) is 5.69. The number of piperidine rings is 1. The van der Waals surface area contributed by atoms with Gasteiger partial charge in [0.25, 0.3) is 5.91 Å². The van der Waals surface area contributed by atoms with Crippen molar-refractivity contribution < 1.29 is 14.3 Å². The molecule has 1 aromatic rings. The Hall–Kier alpha value is -1.69. The lowest BCUT2D eigenvalue weighted by molar-refractivity contribution is 0.0651. The highest BCUT2D eigenvalue weighted by Crippen LogP contribution is 2.20. The highest BCUT2D eigenvalue weighted by atomic mass is 19.1. The van der Waals surface area contributed by atoms with Crippen LogP contribution in [0.15, 0.2) is 12.3 Å². The van der Waals surface area contributed by atoms with Crippen molar-refractivity contribution in [2.24, 2.45) is 5.92 Å². The highest BCUT2D eigenvalue weighted by Gasteiger charge is 2.24. The van der Waals surface area contributed by atoms with E-state index >= 15 is 0 Å². The Balaban J connectivity index is 2.10. The summed E-state index contributed by atoms with van der Waals surface area (Å²) >= 11 is 0. The number of carbonyl (C=O) groups excluding carboxylic acids is 1. The molecule has 1 saturated heterocycles. The maximum absolute atomic E-state index is 13.1. The summed E-state index contributed by atoms with van der Waals surface area (Å²) in [4.78, 5) is 17.4. The van der Waals surface area contributed by atoms with Crippen LogP contribution in [0.2, 0.25) is 0 Å². The van der Waals surface area contributed by atoms with Gasteiger partial charge in [0.1, 0.15) is 11.6 Å². The number of nitrogens with two attached hydrogens (primary N) is 1. The molecule has 18 heavy (non-hydrogen) atoms. The first kappa shape index (κ1) is 12.8. The summed E-state index contributed by atoms with van der Waals surface area (Å²) in [6.45, 7) is 1.26. The first-order chi connectivity index (χ1) is 8.61. The van der Waals surface area contributed by atoms with Crippen LogP contribution in [-0.4, -0.2) is 40.6 Å². The Bertz CT molecular complexity index is 445. The molecule has 0 spiro atoms. The van der Waals surface area contributed by atoms with Crippen LogP contribution in [0.4, 0.5) is 10.2 Å². The number of anilines is 1. The number of halogens is 1. The second kappa shape index (κ2) is 5.30. The van der Waals surface area contributed by atoms with Gasteiger partial charge >= 0.3 is 0 Å². The van der Waals surface area contributed by atoms with Crippen LogP contribution in [0, 0.1) is 11.7 Å². The average Bonchev–Trinajstić information content (AvgIpc) is 2.41. The molecule has 1 fully saturated rings. The Morgan fingerprint density at radius 2 is 2.22 bits per heavy atom. The fourth-order valence-corrected chi connectivity index (χ4v) is 2.11. The standard InChI is InChI=1S/C12H16FN3O2/c13-9-5-10(11(14)15-6-9)12(18)16-3-1-8(7-17)2-4-16/h5-6,8,17H,1-4,7H2,(H2,14,15). The minimum Gasteiger partial charge on any atom is -0.396 e. The van der Waals surface area contributed by atoms with E-state index in [-0.39, 0.29) is 29.8 Å². The van der Waals surface area contributed by atoms with Crippen molar-refractivity contribution in [1.29, 1.82) is 0 Å². The zero-order valence-corrected chi connectivity index (χ0v) is 9.97. The number of amides is 1. The average molecular weight is 253 g/mol. The number of rotatable bonds is 2. The van der Waals surface area contributed by atoms with Crippen LogP contribution in [0.25, 0.3) is 0 Å². The zero-order valence-electron chi connectivity index (χ0n) is 9.97. The number of carbonyl (C=O) groups is 1. The van der Waals surface area contributed by atoms with Gasteiger partial charge in [0.15, 0.2) is 0 Å². The lowest BCUT2D eigenvalue weighted by Crippen LogP contribution is -2.39. The Morgan fingerprint density at radius 3 is 2.83 bits per heavy atom. The van der Waals surface area contributed by atoms with Gasteiger partial charge in [-0.3, -0.25) is 4.79 Å². The van der Waals surface area contributed by atoms with E-state index in [4.69, 9.17) is 10.8 Å². The molecule has 2 rings (SSSR count). The maximum Gasteiger partial charge on any atom is 0.257 e. The van der Waals surface area contributed by atoms with Gasteiger partial charge < -0.3 is 15.7 Å². The second-order valence-electron chi connectivity index (χ2n) is 4.50. The predicted octanol–water partition coefficient (Wildman–Crippen LogP) is 0.647. The molecular weight excluding hydrogens is 237 g/mol. The molecule has 5 nitrogen and oxygen atoms in total. The SMILES string of the molecule is Nc1ncc(F)cc1C(=O)N1CCC(CO)CC1. The monoisotopic (exact) mass is 253 g/mol. The van der Waals surface area contributed by atoms with Crippen molar-refractivity contribution in [3.05, 3.63) is 23.6 Å². The van der Waals surface area contributed by atoms with Crippen LogP contribution in [0.3, 0.4) is 0 Å². The first-order valence-corrected chi connectivity index (χ1v) is 5.93. The minimum absolute atomic E-state index is 0.0469. The molecule has 6 heteroatoms. The van der Waals surface area contributed by atoms with Gasteiger partial charge in [0.05, 0.1) is 11.8 Å². The molecule has 0 radical (unpaired) electrons. The van der Waals surface area contributed by atoms with Crippen molar-refractivity contribution in [3.63, 3.8) is 0 Å². The van der Waals surface area contributed by atoms with Gasteiger partial charge in [-0.15, -0.1) is 0 Å². The minimum atomic E-state index is -0.571. The Morgan fingerprint density at radius 1 is 1.56 bits per heavy atom. The van der Waals surface area contributed by atoms with E-state index in [1.165, 1.54) is 0 Å². The number of aromatic nitrogens is 1. The van der Waals surface area contributed by atoms with Gasteiger partial charge in [0, 0.05) is 19.7 Å². The van der Waals surface area contributed by atoms with E-state index in [0.29, 0.717) is 13.1 Å². The maximum atomic E-state index is 13.1. The zero-order chi connectivity index (χ0) is 13.1. The number of pyridine rings is 1. The summed E-state index contributed by atoms with van der Waals surface area (Å²) < 4.78 is 13.1. The third-order valence-corrected chi connectivity index (χ3v) is 3.28. The van der Waals surface area contributed by atoms with Gasteiger partial charge in [-0.05, 0) is 24.8 Å². The normalized spacial score (nSPS) is 16.9. The fraction of sp³-hybridized carbons (Fsp3) is 0.500. The Kier molecular flexibility index (Phi) is 3.76. The smallest absolute Gasteiger partial charge is 0.257 e. The third-order valence-electron chi connectivity index (χ3n) is 3.28. The van der Waals surface area contributed by atoms with Crippen molar-refractivity contribution in [1.82, 2.24) is 9.88 Å². The first-order valence-electron chi connectivity index (χ1n) is 5.93. The molecule has 1 aliphatic rings. The van der Waals surface area contributed by atoms with Crippen molar-refractivity contribution >= 4 is 11.7 Å². The number of aliphatic hydroxyl groups excluding tert-OH is 1. The predicted molar refractivity (Wildman–Crippen MR) is 64.3 cm³/mol. The summed E-state index contributed by atoms with van der Waals surface area (Å²) in [7, 11) is 0. The molecule has 0 saturated carbocycles. The van der Waals surface area contributed by atoms with Gasteiger partial charge in [0.2, 0.25) is 0 Å². The van der Waals surface area contributed by atoms with E-state index in [9.17, 15) is 9.18 Å². The van der Waals surface area contributed by atoms with Crippen LogP contribution < -0.4 is 5.73 Å². The highest BCUT2D eigenvalue weighted by molar-refractivity contribution is 5.98.